The molecule has 0 radical (unpaired) electrons. The summed E-state index contributed by atoms with van der Waals surface area (Å²) in [5, 5.41) is 3.53. The van der Waals surface area contributed by atoms with Gasteiger partial charge in [0.15, 0.2) is 0 Å². The van der Waals surface area contributed by atoms with E-state index < -0.39 is 6.09 Å². The number of hydrogen-bond donors (Lipinski definition) is 1. The minimum Gasteiger partial charge on any atom is -0.494 e. The Balaban J connectivity index is 1.98. The molecule has 0 saturated heterocycles. The highest BCUT2D eigenvalue weighted by Gasteiger charge is 2.20. The molecule has 0 fully saturated rings. The van der Waals surface area contributed by atoms with Gasteiger partial charge in [0, 0.05) is 22.7 Å². The number of carbonyl (C=O) groups is 1. The van der Waals surface area contributed by atoms with Gasteiger partial charge in [0.25, 0.3) is 0 Å². The third kappa shape index (κ3) is 2.32. The number of anilines is 1. The fourth-order valence-electron chi connectivity index (χ4n) is 2.79. The molecule has 6 nitrogen and oxygen atoms in total. The van der Waals surface area contributed by atoms with Crippen molar-refractivity contribution in [1.29, 1.82) is 0 Å². The highest BCUT2D eigenvalue weighted by atomic mass is 16.5. The molecule has 24 heavy (non-hydrogen) atoms. The van der Waals surface area contributed by atoms with Crippen LogP contribution >= 0.6 is 0 Å². The zero-order valence-electron chi connectivity index (χ0n) is 13.3. The second kappa shape index (κ2) is 5.49. The molecule has 6 heteroatoms. The van der Waals surface area contributed by atoms with Gasteiger partial charge in [-0.3, -0.25) is 10.3 Å². The minimum atomic E-state index is -0.496. The topological polar surface area (TPSA) is 73.3 Å². The first-order valence-electron chi connectivity index (χ1n) is 7.53. The third-order valence-corrected chi connectivity index (χ3v) is 4.01. The number of cyclic esters (lactones) is 1. The molecule has 0 unspecified atom stereocenters. The first-order chi connectivity index (χ1) is 11.7. The van der Waals surface area contributed by atoms with Gasteiger partial charge in [-0.15, -0.1) is 0 Å². The van der Waals surface area contributed by atoms with E-state index in [9.17, 15) is 4.79 Å². The molecule has 2 aromatic heterocycles. The average Bonchev–Trinajstić information content (AvgIpc) is 2.60. The summed E-state index contributed by atoms with van der Waals surface area (Å²) in [6.45, 7) is 2.20. The van der Waals surface area contributed by atoms with Gasteiger partial charge in [-0.1, -0.05) is 6.07 Å². The van der Waals surface area contributed by atoms with Gasteiger partial charge in [-0.25, -0.2) is 9.78 Å². The number of aryl methyl sites for hydroxylation is 1. The molecular weight excluding hydrogens is 306 g/mol. The molecule has 1 aromatic carbocycles. The summed E-state index contributed by atoms with van der Waals surface area (Å²) in [5.74, 6) is 1.15. The third-order valence-electron chi connectivity index (χ3n) is 4.01. The number of nitrogens with one attached hydrogen (secondary N) is 1. The largest absolute Gasteiger partial charge is 0.494 e. The normalized spacial score (nSPS) is 13.2. The molecule has 1 aliphatic heterocycles. The molecular formula is C18H15N3O3. The number of amides is 1. The Morgan fingerprint density at radius 3 is 2.88 bits per heavy atom. The van der Waals surface area contributed by atoms with E-state index >= 15 is 0 Å². The summed E-state index contributed by atoms with van der Waals surface area (Å²) in [6, 6.07) is 9.80. The standard InChI is InChI=1S/C18H15N3O3/c1-10-3-5-14(19-8-10)12-4-6-15(23-2)16-13(12)7-11-9-24-18(22)21-17(11)20-16/h3-8H,9H2,1-2H3,(H,20,21,22). The molecule has 120 valence electrons. The van der Waals surface area contributed by atoms with Crippen LogP contribution in [0.1, 0.15) is 11.1 Å². The SMILES string of the molecule is COc1ccc(-c2ccc(C)cn2)c2cc3c(nc12)NC(=O)OC3. The summed E-state index contributed by atoms with van der Waals surface area (Å²) in [7, 11) is 1.60. The molecule has 0 atom stereocenters. The second-order valence-corrected chi connectivity index (χ2v) is 5.63. The molecule has 0 aliphatic carbocycles. The van der Waals surface area contributed by atoms with E-state index in [1.165, 1.54) is 0 Å². The zero-order chi connectivity index (χ0) is 16.7. The number of hydrogen-bond acceptors (Lipinski definition) is 5. The predicted molar refractivity (Wildman–Crippen MR) is 90.1 cm³/mol. The van der Waals surface area contributed by atoms with Crippen LogP contribution in [0.3, 0.4) is 0 Å². The molecule has 1 aliphatic rings. The molecule has 1 N–H and O–H groups in total. The van der Waals surface area contributed by atoms with Gasteiger partial charge in [-0.05, 0) is 36.8 Å². The number of aromatic nitrogens is 2. The van der Waals surface area contributed by atoms with Crippen molar-refractivity contribution in [3.05, 3.63) is 47.7 Å². The molecule has 3 heterocycles. The Morgan fingerprint density at radius 1 is 1.25 bits per heavy atom. The maximum absolute atomic E-state index is 11.4. The molecule has 3 aromatic rings. The molecule has 0 bridgehead atoms. The van der Waals surface area contributed by atoms with Crippen LogP contribution in [0, 0.1) is 6.92 Å². The lowest BCUT2D eigenvalue weighted by Crippen LogP contribution is -2.21. The van der Waals surface area contributed by atoms with Crippen LogP contribution in [0.25, 0.3) is 22.2 Å². The van der Waals surface area contributed by atoms with Gasteiger partial charge >= 0.3 is 6.09 Å². The Kier molecular flexibility index (Phi) is 3.30. The van der Waals surface area contributed by atoms with E-state index in [1.54, 1.807) is 7.11 Å². The molecule has 0 saturated carbocycles. The molecule has 1 amide bonds. The Labute approximate surface area is 138 Å². The number of rotatable bonds is 2. The average molecular weight is 321 g/mol. The number of fused-ring (bicyclic) bond motifs is 2. The van der Waals surface area contributed by atoms with Gasteiger partial charge in [-0.2, -0.15) is 0 Å². The maximum atomic E-state index is 11.4. The van der Waals surface area contributed by atoms with Crippen molar-refractivity contribution in [1.82, 2.24) is 9.97 Å². The van der Waals surface area contributed by atoms with Crippen LogP contribution < -0.4 is 10.1 Å². The van der Waals surface area contributed by atoms with Crippen molar-refractivity contribution in [2.75, 3.05) is 12.4 Å². The smallest absolute Gasteiger partial charge is 0.413 e. The zero-order valence-corrected chi connectivity index (χ0v) is 13.3. The highest BCUT2D eigenvalue weighted by molar-refractivity contribution is 6.00. The van der Waals surface area contributed by atoms with E-state index in [0.29, 0.717) is 17.1 Å². The quantitative estimate of drug-likeness (QED) is 0.779. The van der Waals surface area contributed by atoms with Crippen molar-refractivity contribution >= 4 is 22.8 Å². The van der Waals surface area contributed by atoms with Gasteiger partial charge in [0.1, 0.15) is 23.7 Å². The van der Waals surface area contributed by atoms with Crippen molar-refractivity contribution in [2.24, 2.45) is 0 Å². The number of pyridine rings is 2. The van der Waals surface area contributed by atoms with Crippen LogP contribution in [-0.2, 0) is 11.3 Å². The number of benzene rings is 1. The monoisotopic (exact) mass is 321 g/mol. The van der Waals surface area contributed by atoms with Crippen molar-refractivity contribution in [2.45, 2.75) is 13.5 Å². The van der Waals surface area contributed by atoms with Crippen LogP contribution in [0.2, 0.25) is 0 Å². The Hall–Kier alpha value is -3.15. The van der Waals surface area contributed by atoms with Crippen molar-refractivity contribution in [3.8, 4) is 17.0 Å². The summed E-state index contributed by atoms with van der Waals surface area (Å²) in [5.41, 5.74) is 4.42. The Morgan fingerprint density at radius 2 is 2.12 bits per heavy atom. The lowest BCUT2D eigenvalue weighted by Gasteiger charge is -2.18. The van der Waals surface area contributed by atoms with Crippen molar-refractivity contribution in [3.63, 3.8) is 0 Å². The van der Waals surface area contributed by atoms with Crippen LogP contribution in [0.4, 0.5) is 10.6 Å². The number of ether oxygens (including phenoxy) is 2. The van der Waals surface area contributed by atoms with Crippen molar-refractivity contribution < 1.29 is 14.3 Å². The van der Waals surface area contributed by atoms with E-state index in [4.69, 9.17) is 9.47 Å². The Bertz CT molecular complexity index is 952. The van der Waals surface area contributed by atoms with Crippen LogP contribution in [-0.4, -0.2) is 23.2 Å². The second-order valence-electron chi connectivity index (χ2n) is 5.63. The highest BCUT2D eigenvalue weighted by Crippen LogP contribution is 2.36. The van der Waals surface area contributed by atoms with Gasteiger partial charge in [0.05, 0.1) is 12.8 Å². The molecule has 0 spiro atoms. The molecule has 4 rings (SSSR count). The minimum absolute atomic E-state index is 0.197. The van der Waals surface area contributed by atoms with E-state index in [1.807, 2.05) is 43.5 Å². The summed E-state index contributed by atoms with van der Waals surface area (Å²) >= 11 is 0. The van der Waals surface area contributed by atoms with Gasteiger partial charge in [0.2, 0.25) is 0 Å². The fraction of sp³-hybridized carbons (Fsp3) is 0.167. The van der Waals surface area contributed by atoms with Crippen LogP contribution in [0.15, 0.2) is 36.5 Å². The number of methoxy groups -OCH3 is 1. The maximum Gasteiger partial charge on any atom is 0.413 e. The summed E-state index contributed by atoms with van der Waals surface area (Å²) < 4.78 is 10.5. The van der Waals surface area contributed by atoms with Crippen LogP contribution in [0.5, 0.6) is 5.75 Å². The summed E-state index contributed by atoms with van der Waals surface area (Å²) in [6.07, 6.45) is 1.34. The predicted octanol–water partition coefficient (Wildman–Crippen LogP) is 3.68. The van der Waals surface area contributed by atoms with E-state index in [-0.39, 0.29) is 6.61 Å². The van der Waals surface area contributed by atoms with E-state index in [0.717, 1.165) is 27.8 Å². The number of carbonyl (C=O) groups excluding carboxylic acids is 1. The van der Waals surface area contributed by atoms with Gasteiger partial charge < -0.3 is 9.47 Å². The first-order valence-corrected chi connectivity index (χ1v) is 7.53. The first kappa shape index (κ1) is 14.4. The summed E-state index contributed by atoms with van der Waals surface area (Å²) in [4.78, 5) is 20.5. The lowest BCUT2D eigenvalue weighted by molar-refractivity contribution is 0.151. The lowest BCUT2D eigenvalue weighted by atomic mass is 10.0. The fourth-order valence-corrected chi connectivity index (χ4v) is 2.79. The van der Waals surface area contributed by atoms with E-state index in [2.05, 4.69) is 15.3 Å². The number of nitrogens with zero attached hydrogens (tertiary/aromatic N) is 2.